The molecule has 6 nitrogen and oxygen atoms in total. The van der Waals surface area contributed by atoms with Gasteiger partial charge in [0, 0.05) is 35.6 Å². The number of amides is 1. The maximum Gasteiger partial charge on any atom is 0.256 e. The molecule has 1 amide bonds. The molecule has 0 bridgehead atoms. The molecule has 2 heterocycles. The number of ketones is 1. The number of nitrogens with one attached hydrogen (secondary N) is 1. The summed E-state index contributed by atoms with van der Waals surface area (Å²) in [7, 11) is 0. The number of pyridine rings is 1. The van der Waals surface area contributed by atoms with Crippen molar-refractivity contribution in [2.75, 3.05) is 11.9 Å². The SMILES string of the molecule is C=C(CCC)O/C(C)=C\C.CC.CCC(C)C(=O)c1ccc(NC(=O)c2cc(C3CCCO3)nc3c(C)cc(C)cc23)cc1. The molecule has 6 heteroatoms. The van der Waals surface area contributed by atoms with Gasteiger partial charge in [0.25, 0.3) is 5.91 Å². The van der Waals surface area contributed by atoms with Crippen LogP contribution < -0.4 is 5.32 Å². The topological polar surface area (TPSA) is 77.5 Å². The number of hydrogen-bond acceptors (Lipinski definition) is 5. The van der Waals surface area contributed by atoms with Gasteiger partial charge in [-0.15, -0.1) is 0 Å². The van der Waals surface area contributed by atoms with Gasteiger partial charge in [0.2, 0.25) is 0 Å². The van der Waals surface area contributed by atoms with Gasteiger partial charge in [-0.3, -0.25) is 9.59 Å². The van der Waals surface area contributed by atoms with E-state index in [9.17, 15) is 9.59 Å². The summed E-state index contributed by atoms with van der Waals surface area (Å²) in [6.07, 6.45) is 6.62. The van der Waals surface area contributed by atoms with E-state index in [1.54, 1.807) is 24.3 Å². The lowest BCUT2D eigenvalue weighted by atomic mass is 9.97. The lowest BCUT2D eigenvalue weighted by molar-refractivity contribution is 0.0926. The molecular formula is C38H52N2O4. The van der Waals surface area contributed by atoms with Crippen LogP contribution in [-0.4, -0.2) is 23.3 Å². The Morgan fingerprint density at radius 1 is 1.14 bits per heavy atom. The summed E-state index contributed by atoms with van der Waals surface area (Å²) >= 11 is 0. The highest BCUT2D eigenvalue weighted by Crippen LogP contribution is 2.32. The largest absolute Gasteiger partial charge is 0.467 e. The van der Waals surface area contributed by atoms with Crippen molar-refractivity contribution in [1.29, 1.82) is 0 Å². The fourth-order valence-electron chi connectivity index (χ4n) is 4.87. The maximum atomic E-state index is 13.3. The van der Waals surface area contributed by atoms with Crippen LogP contribution in [0.25, 0.3) is 10.9 Å². The number of anilines is 1. The third kappa shape index (κ3) is 10.2. The number of Topliss-reactive ketones (excluding diaryl/α,β-unsaturated/α-hetero) is 1. The molecule has 0 aliphatic carbocycles. The van der Waals surface area contributed by atoms with Crippen molar-refractivity contribution in [2.45, 2.75) is 101 Å². The second kappa shape index (κ2) is 18.1. The highest BCUT2D eigenvalue weighted by Gasteiger charge is 2.23. The number of nitrogens with zero attached hydrogens (tertiary/aromatic N) is 1. The zero-order chi connectivity index (χ0) is 32.8. The van der Waals surface area contributed by atoms with Crippen molar-refractivity contribution >= 4 is 28.3 Å². The molecule has 2 unspecified atom stereocenters. The van der Waals surface area contributed by atoms with Crippen molar-refractivity contribution in [3.8, 4) is 0 Å². The molecule has 0 radical (unpaired) electrons. The minimum atomic E-state index is -0.192. The first kappa shape index (κ1) is 36.4. The second-order valence-electron chi connectivity index (χ2n) is 11.1. The minimum Gasteiger partial charge on any atom is -0.467 e. The number of carbonyl (C=O) groups is 2. The van der Waals surface area contributed by atoms with Gasteiger partial charge >= 0.3 is 0 Å². The van der Waals surface area contributed by atoms with Crippen molar-refractivity contribution in [3.63, 3.8) is 0 Å². The van der Waals surface area contributed by atoms with E-state index in [1.165, 1.54) is 0 Å². The number of allylic oxidation sites excluding steroid dienone is 3. The van der Waals surface area contributed by atoms with E-state index in [4.69, 9.17) is 14.5 Å². The van der Waals surface area contributed by atoms with Gasteiger partial charge in [0.15, 0.2) is 5.78 Å². The molecule has 0 spiro atoms. The van der Waals surface area contributed by atoms with Crippen LogP contribution in [0.3, 0.4) is 0 Å². The summed E-state index contributed by atoms with van der Waals surface area (Å²) in [6.45, 7) is 22.5. The Hall–Kier alpha value is -3.77. The van der Waals surface area contributed by atoms with E-state index in [0.29, 0.717) is 16.8 Å². The fraction of sp³-hybridized carbons (Fsp3) is 0.447. The van der Waals surface area contributed by atoms with Crippen LogP contribution in [0.15, 0.2) is 66.6 Å². The van der Waals surface area contributed by atoms with Gasteiger partial charge in [-0.2, -0.15) is 0 Å². The lowest BCUT2D eigenvalue weighted by Gasteiger charge is -2.15. The van der Waals surface area contributed by atoms with Crippen molar-refractivity contribution < 1.29 is 19.1 Å². The van der Waals surface area contributed by atoms with Crippen LogP contribution in [-0.2, 0) is 9.47 Å². The van der Waals surface area contributed by atoms with Crippen LogP contribution >= 0.6 is 0 Å². The molecule has 1 aliphatic rings. The van der Waals surface area contributed by atoms with Gasteiger partial charge in [0.1, 0.15) is 0 Å². The number of hydrogen-bond donors (Lipinski definition) is 1. The third-order valence-corrected chi connectivity index (χ3v) is 7.50. The molecular weight excluding hydrogens is 548 g/mol. The summed E-state index contributed by atoms with van der Waals surface area (Å²) in [5.74, 6) is 1.71. The smallest absolute Gasteiger partial charge is 0.256 e. The number of ether oxygens (including phenoxy) is 2. The standard InChI is InChI=1S/C27H30N2O3.C9H16O.C2H6/c1-5-17(3)26(30)19-8-10-20(11-9-19)28-27(31)22-15-23(24-7-6-12-32-24)29-25-18(4)13-16(2)14-21(22)25;1-5-7-9(4)10-8(3)6-2;1-2/h8-11,13-15,17,24H,5-7,12H2,1-4H3,(H,28,31);6H,4-5,7H2,1-3H3;1-2H3/b;8-6-;. The first-order valence-corrected chi connectivity index (χ1v) is 16.1. The van der Waals surface area contributed by atoms with E-state index in [1.807, 2.05) is 73.6 Å². The fourth-order valence-corrected chi connectivity index (χ4v) is 4.87. The first-order chi connectivity index (χ1) is 21.1. The van der Waals surface area contributed by atoms with E-state index in [-0.39, 0.29) is 23.7 Å². The van der Waals surface area contributed by atoms with Crippen LogP contribution in [0.4, 0.5) is 5.69 Å². The number of aromatic nitrogens is 1. The van der Waals surface area contributed by atoms with Gasteiger partial charge in [-0.1, -0.05) is 52.8 Å². The van der Waals surface area contributed by atoms with Gasteiger partial charge < -0.3 is 14.8 Å². The maximum absolute atomic E-state index is 13.3. The first-order valence-electron chi connectivity index (χ1n) is 16.1. The van der Waals surface area contributed by atoms with E-state index < -0.39 is 0 Å². The molecule has 44 heavy (non-hydrogen) atoms. The Balaban J connectivity index is 0.000000481. The molecule has 1 aliphatic heterocycles. The number of benzene rings is 2. The normalized spacial score (nSPS) is 14.9. The highest BCUT2D eigenvalue weighted by atomic mass is 16.5. The third-order valence-electron chi connectivity index (χ3n) is 7.50. The van der Waals surface area contributed by atoms with Gasteiger partial charge in [-0.25, -0.2) is 4.98 Å². The Labute approximate surface area is 265 Å². The summed E-state index contributed by atoms with van der Waals surface area (Å²) in [5.41, 5.74) is 5.68. The molecule has 2 atom stereocenters. The van der Waals surface area contributed by atoms with Crippen molar-refractivity contribution in [2.24, 2.45) is 5.92 Å². The molecule has 0 saturated carbocycles. The highest BCUT2D eigenvalue weighted by molar-refractivity contribution is 6.13. The van der Waals surface area contributed by atoms with Crippen molar-refractivity contribution in [1.82, 2.24) is 4.98 Å². The average Bonchev–Trinajstić information content (AvgIpc) is 3.57. The molecule has 1 N–H and O–H groups in total. The number of aryl methyl sites for hydroxylation is 2. The van der Waals surface area contributed by atoms with Crippen molar-refractivity contribution in [3.05, 3.63) is 94.6 Å². The van der Waals surface area contributed by atoms with E-state index in [2.05, 4.69) is 24.9 Å². The second-order valence-corrected chi connectivity index (χ2v) is 11.1. The summed E-state index contributed by atoms with van der Waals surface area (Å²) in [5, 5.41) is 3.84. The minimum absolute atomic E-state index is 0.0127. The average molecular weight is 601 g/mol. The molecule has 1 saturated heterocycles. The summed E-state index contributed by atoms with van der Waals surface area (Å²) in [4.78, 5) is 30.6. The number of fused-ring (bicyclic) bond motifs is 1. The Morgan fingerprint density at radius 3 is 2.39 bits per heavy atom. The van der Waals surface area contributed by atoms with Gasteiger partial charge in [-0.05, 0) is 101 Å². The van der Waals surface area contributed by atoms with E-state index in [0.717, 1.165) is 78.0 Å². The molecule has 1 aromatic heterocycles. The van der Waals surface area contributed by atoms with Gasteiger partial charge in [0.05, 0.1) is 34.4 Å². The molecule has 4 rings (SSSR count). The molecule has 1 fully saturated rings. The predicted octanol–water partition coefficient (Wildman–Crippen LogP) is 10.5. The lowest BCUT2D eigenvalue weighted by Crippen LogP contribution is -2.15. The molecule has 238 valence electrons. The number of rotatable bonds is 10. The van der Waals surface area contributed by atoms with Crippen LogP contribution in [0.1, 0.15) is 124 Å². The van der Waals surface area contributed by atoms with E-state index >= 15 is 0 Å². The molecule has 2 aromatic carbocycles. The zero-order valence-electron chi connectivity index (χ0n) is 28.3. The quantitative estimate of drug-likeness (QED) is 0.185. The van der Waals surface area contributed by atoms with Crippen LogP contribution in [0.5, 0.6) is 0 Å². The Bertz CT molecular complexity index is 1430. The number of carbonyl (C=O) groups excluding carboxylic acids is 2. The zero-order valence-corrected chi connectivity index (χ0v) is 28.3. The summed E-state index contributed by atoms with van der Waals surface area (Å²) < 4.78 is 11.1. The summed E-state index contributed by atoms with van der Waals surface area (Å²) in [6, 6.07) is 13.1. The monoisotopic (exact) mass is 600 g/mol. The van der Waals surface area contributed by atoms with Crippen LogP contribution in [0.2, 0.25) is 0 Å². The molecule has 3 aromatic rings. The van der Waals surface area contributed by atoms with Crippen LogP contribution in [0, 0.1) is 19.8 Å². The Kier molecular flexibility index (Phi) is 15.0. The predicted molar refractivity (Wildman–Crippen MR) is 183 cm³/mol. The Morgan fingerprint density at radius 2 is 1.82 bits per heavy atom.